The van der Waals surface area contributed by atoms with Crippen molar-refractivity contribution in [2.75, 3.05) is 0 Å². The quantitative estimate of drug-likeness (QED) is 0.605. The molecule has 1 aromatic heterocycles. The molecule has 0 saturated carbocycles. The van der Waals surface area contributed by atoms with Gasteiger partial charge in [-0.1, -0.05) is 39.0 Å². The summed E-state index contributed by atoms with van der Waals surface area (Å²) >= 11 is 5.49. The van der Waals surface area contributed by atoms with Crippen molar-refractivity contribution >= 4 is 23.3 Å². The number of H-pyrrole nitrogens is 1. The lowest BCUT2D eigenvalue weighted by molar-refractivity contribution is 0.590. The van der Waals surface area contributed by atoms with Gasteiger partial charge in [-0.2, -0.15) is 0 Å². The maximum absolute atomic E-state index is 5.49. The van der Waals surface area contributed by atoms with E-state index in [9.17, 15) is 0 Å². The van der Waals surface area contributed by atoms with Crippen LogP contribution in [0.1, 0.15) is 31.9 Å². The van der Waals surface area contributed by atoms with Gasteiger partial charge in [-0.3, -0.25) is 4.57 Å². The molecule has 0 spiro atoms. The zero-order chi connectivity index (χ0) is 15.2. The average molecular weight is 296 g/mol. The molecule has 0 bridgehead atoms. The molecule has 108 valence electrons. The highest BCUT2D eigenvalue weighted by Gasteiger charge is 2.14. The Morgan fingerprint density at radius 2 is 1.67 bits per heavy atom. The van der Waals surface area contributed by atoms with Crippen molar-refractivity contribution in [3.05, 3.63) is 58.4 Å². The molecule has 0 amide bonds. The van der Waals surface area contributed by atoms with Gasteiger partial charge in [0.1, 0.15) is 0 Å². The zero-order valence-electron chi connectivity index (χ0n) is 12.9. The van der Waals surface area contributed by atoms with E-state index in [1.165, 1.54) is 11.1 Å². The molecule has 3 aromatic rings. The van der Waals surface area contributed by atoms with Crippen molar-refractivity contribution in [2.24, 2.45) is 0 Å². The SMILES string of the molecule is Cc1ccc2[nH]c(=S)n(-c3ccc(C(C)(C)C)cc3)c2c1. The molecule has 2 aromatic carbocycles. The van der Waals surface area contributed by atoms with Gasteiger partial charge in [-0.05, 0) is 59.9 Å². The summed E-state index contributed by atoms with van der Waals surface area (Å²) in [6, 6.07) is 15.0. The number of aryl methyl sites for hydroxylation is 1. The Bertz CT molecular complexity index is 846. The smallest absolute Gasteiger partial charge is 0.182 e. The topological polar surface area (TPSA) is 20.7 Å². The van der Waals surface area contributed by atoms with Gasteiger partial charge in [0.15, 0.2) is 4.77 Å². The number of aromatic nitrogens is 2. The van der Waals surface area contributed by atoms with Gasteiger partial charge in [0.25, 0.3) is 0 Å². The molecule has 3 heteroatoms. The lowest BCUT2D eigenvalue weighted by atomic mass is 9.87. The first kappa shape index (κ1) is 14.1. The van der Waals surface area contributed by atoms with E-state index in [1.807, 2.05) is 0 Å². The predicted molar refractivity (Wildman–Crippen MR) is 91.9 cm³/mol. The molecular weight excluding hydrogens is 276 g/mol. The van der Waals surface area contributed by atoms with Crippen molar-refractivity contribution in [3.8, 4) is 5.69 Å². The first-order valence-electron chi connectivity index (χ1n) is 7.18. The monoisotopic (exact) mass is 296 g/mol. The summed E-state index contributed by atoms with van der Waals surface area (Å²) in [5.41, 5.74) is 6.03. The van der Waals surface area contributed by atoms with Crippen LogP contribution in [0.25, 0.3) is 16.7 Å². The number of hydrogen-bond acceptors (Lipinski definition) is 1. The molecule has 0 unspecified atom stereocenters. The van der Waals surface area contributed by atoms with E-state index >= 15 is 0 Å². The van der Waals surface area contributed by atoms with E-state index in [4.69, 9.17) is 12.2 Å². The van der Waals surface area contributed by atoms with E-state index in [0.717, 1.165) is 21.5 Å². The second-order valence-electron chi connectivity index (χ2n) is 6.58. The molecule has 0 saturated heterocycles. The lowest BCUT2D eigenvalue weighted by Gasteiger charge is -2.19. The Kier molecular flexibility index (Phi) is 3.25. The predicted octanol–water partition coefficient (Wildman–Crippen LogP) is 5.29. The molecule has 0 fully saturated rings. The van der Waals surface area contributed by atoms with Crippen molar-refractivity contribution in [1.82, 2.24) is 9.55 Å². The van der Waals surface area contributed by atoms with Crippen molar-refractivity contribution in [2.45, 2.75) is 33.1 Å². The molecule has 2 nitrogen and oxygen atoms in total. The molecule has 3 rings (SSSR count). The Balaban J connectivity index is 2.19. The molecule has 21 heavy (non-hydrogen) atoms. The second kappa shape index (κ2) is 4.85. The summed E-state index contributed by atoms with van der Waals surface area (Å²) in [5.74, 6) is 0. The highest BCUT2D eigenvalue weighted by Crippen LogP contribution is 2.25. The lowest BCUT2D eigenvalue weighted by Crippen LogP contribution is -2.10. The Morgan fingerprint density at radius 1 is 1.00 bits per heavy atom. The van der Waals surface area contributed by atoms with Crippen LogP contribution in [0.4, 0.5) is 0 Å². The van der Waals surface area contributed by atoms with Gasteiger partial charge in [0.2, 0.25) is 0 Å². The van der Waals surface area contributed by atoms with Gasteiger partial charge >= 0.3 is 0 Å². The molecule has 1 heterocycles. The largest absolute Gasteiger partial charge is 0.330 e. The van der Waals surface area contributed by atoms with Gasteiger partial charge in [0, 0.05) is 5.69 Å². The standard InChI is InChI=1S/C18H20N2S/c1-12-5-10-15-16(11-12)20(17(21)19-15)14-8-6-13(7-9-14)18(2,3)4/h5-11H,1-4H3,(H,19,21). The average Bonchev–Trinajstić information content (AvgIpc) is 2.73. The second-order valence-corrected chi connectivity index (χ2v) is 6.97. The van der Waals surface area contributed by atoms with Crippen LogP contribution >= 0.6 is 12.2 Å². The third kappa shape index (κ3) is 2.54. The summed E-state index contributed by atoms with van der Waals surface area (Å²) in [6.45, 7) is 8.77. The number of hydrogen-bond donors (Lipinski definition) is 1. The number of benzene rings is 2. The Labute approximate surface area is 130 Å². The molecule has 1 N–H and O–H groups in total. The van der Waals surface area contributed by atoms with Crippen LogP contribution in [0, 0.1) is 11.7 Å². The summed E-state index contributed by atoms with van der Waals surface area (Å²) in [5, 5.41) is 0. The fourth-order valence-electron chi connectivity index (χ4n) is 2.58. The van der Waals surface area contributed by atoms with Gasteiger partial charge in [-0.15, -0.1) is 0 Å². The van der Waals surface area contributed by atoms with E-state index in [2.05, 4.69) is 79.7 Å². The maximum atomic E-state index is 5.49. The zero-order valence-corrected chi connectivity index (χ0v) is 13.7. The van der Waals surface area contributed by atoms with Crippen LogP contribution in [0.5, 0.6) is 0 Å². The van der Waals surface area contributed by atoms with E-state index in [0.29, 0.717) is 0 Å². The van der Waals surface area contributed by atoms with Gasteiger partial charge < -0.3 is 4.98 Å². The molecule has 0 aliphatic rings. The fraction of sp³-hybridized carbons (Fsp3) is 0.278. The van der Waals surface area contributed by atoms with Crippen LogP contribution < -0.4 is 0 Å². The summed E-state index contributed by atoms with van der Waals surface area (Å²) in [4.78, 5) is 3.28. The number of nitrogens with one attached hydrogen (secondary N) is 1. The minimum absolute atomic E-state index is 0.163. The minimum Gasteiger partial charge on any atom is -0.330 e. The van der Waals surface area contributed by atoms with Crippen LogP contribution in [0.15, 0.2) is 42.5 Å². The summed E-state index contributed by atoms with van der Waals surface area (Å²) < 4.78 is 2.84. The van der Waals surface area contributed by atoms with Crippen LogP contribution in [-0.4, -0.2) is 9.55 Å². The molecule has 0 radical (unpaired) electrons. The minimum atomic E-state index is 0.163. The van der Waals surface area contributed by atoms with Crippen molar-refractivity contribution < 1.29 is 0 Å². The number of rotatable bonds is 1. The normalized spacial score (nSPS) is 12.0. The molecule has 0 atom stereocenters. The third-order valence-corrected chi connectivity index (χ3v) is 4.11. The first-order valence-corrected chi connectivity index (χ1v) is 7.59. The molecular formula is C18H20N2S. The third-order valence-electron chi connectivity index (χ3n) is 3.83. The number of nitrogens with zero attached hydrogens (tertiary/aromatic N) is 1. The van der Waals surface area contributed by atoms with E-state index in [-0.39, 0.29) is 5.41 Å². The van der Waals surface area contributed by atoms with Crippen molar-refractivity contribution in [1.29, 1.82) is 0 Å². The summed E-state index contributed by atoms with van der Waals surface area (Å²) in [7, 11) is 0. The van der Waals surface area contributed by atoms with Crippen LogP contribution in [0.3, 0.4) is 0 Å². The highest BCUT2D eigenvalue weighted by atomic mass is 32.1. The van der Waals surface area contributed by atoms with E-state index in [1.54, 1.807) is 0 Å². The van der Waals surface area contributed by atoms with Crippen molar-refractivity contribution in [3.63, 3.8) is 0 Å². The first-order chi connectivity index (χ1) is 9.86. The Morgan fingerprint density at radius 3 is 2.29 bits per heavy atom. The van der Waals surface area contributed by atoms with Gasteiger partial charge in [-0.25, -0.2) is 0 Å². The number of aromatic amines is 1. The van der Waals surface area contributed by atoms with E-state index < -0.39 is 0 Å². The fourth-order valence-corrected chi connectivity index (χ4v) is 2.89. The molecule has 0 aliphatic carbocycles. The van der Waals surface area contributed by atoms with Gasteiger partial charge in [0.05, 0.1) is 11.0 Å². The Hall–Kier alpha value is -1.87. The highest BCUT2D eigenvalue weighted by molar-refractivity contribution is 7.71. The summed E-state index contributed by atoms with van der Waals surface area (Å²) in [6.07, 6.45) is 0. The maximum Gasteiger partial charge on any atom is 0.182 e. The number of imidazole rings is 1. The van der Waals surface area contributed by atoms with Crippen LogP contribution in [-0.2, 0) is 5.41 Å². The number of fused-ring (bicyclic) bond motifs is 1. The van der Waals surface area contributed by atoms with Crippen LogP contribution in [0.2, 0.25) is 0 Å². The molecule has 0 aliphatic heterocycles.